The predicted molar refractivity (Wildman–Crippen MR) is 79.9 cm³/mol. The number of para-hydroxylation sites is 1. The van der Waals surface area contributed by atoms with Gasteiger partial charge in [0.25, 0.3) is 5.91 Å². The molecular formula is C15H11BF3NO4. The zero-order valence-electron chi connectivity index (χ0n) is 12.1. The molecule has 2 aromatic rings. The van der Waals surface area contributed by atoms with Crippen molar-refractivity contribution < 1.29 is 32.4 Å². The normalized spacial score (nSPS) is 13.6. The quantitative estimate of drug-likeness (QED) is 0.842. The molecule has 0 atom stereocenters. The third kappa shape index (κ3) is 3.52. The van der Waals surface area contributed by atoms with E-state index >= 15 is 0 Å². The molecule has 0 unspecified atom stereocenters. The number of amides is 1. The number of carbonyl (C=O) groups excluding carboxylic acids is 1. The number of hydrogen-bond donors (Lipinski definition) is 2. The molecule has 124 valence electrons. The number of benzene rings is 2. The minimum Gasteiger partial charge on any atom is -0.423 e. The lowest BCUT2D eigenvalue weighted by atomic mass is 9.79. The van der Waals surface area contributed by atoms with Gasteiger partial charge >= 0.3 is 13.5 Å². The molecule has 1 aliphatic rings. The van der Waals surface area contributed by atoms with Gasteiger partial charge in [-0.25, -0.2) is 0 Å². The first-order valence-electron chi connectivity index (χ1n) is 6.92. The van der Waals surface area contributed by atoms with Crippen molar-refractivity contribution in [3.05, 3.63) is 53.6 Å². The fraction of sp³-hybridized carbons (Fsp3) is 0.133. The minimum atomic E-state index is -4.90. The van der Waals surface area contributed by atoms with Crippen LogP contribution in [0.25, 0.3) is 0 Å². The summed E-state index contributed by atoms with van der Waals surface area (Å²) in [6, 6.07) is 9.80. The molecule has 0 bridgehead atoms. The van der Waals surface area contributed by atoms with Gasteiger partial charge in [0.1, 0.15) is 5.75 Å². The standard InChI is InChI=1S/C15H11BF3NO4/c17-15(18,19)24-13-4-2-1-3-11(13)14(21)20-10-6-5-9-8-23-16(22)12(9)7-10/h1-7,22H,8H2,(H,20,21). The topological polar surface area (TPSA) is 67.8 Å². The highest BCUT2D eigenvalue weighted by Gasteiger charge is 2.33. The van der Waals surface area contributed by atoms with Crippen LogP contribution in [0.1, 0.15) is 15.9 Å². The smallest absolute Gasteiger partial charge is 0.423 e. The Morgan fingerprint density at radius 1 is 1.25 bits per heavy atom. The van der Waals surface area contributed by atoms with Crippen molar-refractivity contribution in [1.29, 1.82) is 0 Å². The van der Waals surface area contributed by atoms with Crippen LogP contribution >= 0.6 is 0 Å². The Labute approximate surface area is 135 Å². The third-order valence-corrected chi connectivity index (χ3v) is 3.42. The lowest BCUT2D eigenvalue weighted by Crippen LogP contribution is -2.28. The van der Waals surface area contributed by atoms with Gasteiger partial charge in [0.05, 0.1) is 12.2 Å². The summed E-state index contributed by atoms with van der Waals surface area (Å²) in [5, 5.41) is 12.1. The lowest BCUT2D eigenvalue weighted by Gasteiger charge is -2.13. The van der Waals surface area contributed by atoms with Crippen molar-refractivity contribution >= 4 is 24.2 Å². The summed E-state index contributed by atoms with van der Waals surface area (Å²) < 4.78 is 46.1. The Morgan fingerprint density at radius 3 is 2.75 bits per heavy atom. The number of hydrogen-bond acceptors (Lipinski definition) is 4. The van der Waals surface area contributed by atoms with Crippen molar-refractivity contribution in [1.82, 2.24) is 0 Å². The van der Waals surface area contributed by atoms with Crippen LogP contribution in [-0.2, 0) is 11.3 Å². The second-order valence-electron chi connectivity index (χ2n) is 5.08. The van der Waals surface area contributed by atoms with Crippen molar-refractivity contribution in [3.63, 3.8) is 0 Å². The molecule has 24 heavy (non-hydrogen) atoms. The second kappa shape index (κ2) is 6.18. The highest BCUT2D eigenvalue weighted by Crippen LogP contribution is 2.27. The van der Waals surface area contributed by atoms with Gasteiger partial charge < -0.3 is 19.7 Å². The van der Waals surface area contributed by atoms with Gasteiger partial charge in [-0.05, 0) is 35.3 Å². The summed E-state index contributed by atoms with van der Waals surface area (Å²) in [7, 11) is -1.09. The van der Waals surface area contributed by atoms with Crippen molar-refractivity contribution in [2.24, 2.45) is 0 Å². The maximum Gasteiger partial charge on any atom is 0.573 e. The van der Waals surface area contributed by atoms with Gasteiger partial charge in [0.2, 0.25) is 0 Å². The zero-order valence-corrected chi connectivity index (χ0v) is 12.1. The molecule has 1 heterocycles. The third-order valence-electron chi connectivity index (χ3n) is 3.42. The number of rotatable bonds is 3. The highest BCUT2D eigenvalue weighted by molar-refractivity contribution is 6.61. The van der Waals surface area contributed by atoms with Gasteiger partial charge in [-0.1, -0.05) is 18.2 Å². The fourth-order valence-corrected chi connectivity index (χ4v) is 2.36. The van der Waals surface area contributed by atoms with E-state index in [1.54, 1.807) is 12.1 Å². The fourth-order valence-electron chi connectivity index (χ4n) is 2.36. The van der Waals surface area contributed by atoms with E-state index in [-0.39, 0.29) is 12.2 Å². The number of nitrogens with one attached hydrogen (secondary N) is 1. The molecule has 0 spiro atoms. The monoisotopic (exact) mass is 337 g/mol. The van der Waals surface area contributed by atoms with Gasteiger partial charge in [-0.3, -0.25) is 4.79 Å². The molecular weight excluding hydrogens is 326 g/mol. The molecule has 0 aliphatic carbocycles. The summed E-state index contributed by atoms with van der Waals surface area (Å²) >= 11 is 0. The van der Waals surface area contributed by atoms with Gasteiger partial charge in [-0.2, -0.15) is 0 Å². The summed E-state index contributed by atoms with van der Waals surface area (Å²) in [4.78, 5) is 12.3. The van der Waals surface area contributed by atoms with E-state index in [0.717, 1.165) is 11.6 Å². The Balaban J connectivity index is 1.82. The average Bonchev–Trinajstić information content (AvgIpc) is 2.87. The van der Waals surface area contributed by atoms with Crippen LogP contribution in [0, 0.1) is 0 Å². The molecule has 1 amide bonds. The number of carbonyl (C=O) groups is 1. The van der Waals surface area contributed by atoms with Crippen LogP contribution < -0.4 is 15.5 Å². The van der Waals surface area contributed by atoms with E-state index in [4.69, 9.17) is 4.65 Å². The largest absolute Gasteiger partial charge is 0.573 e. The van der Waals surface area contributed by atoms with Crippen LogP contribution in [-0.4, -0.2) is 24.4 Å². The highest BCUT2D eigenvalue weighted by atomic mass is 19.4. The molecule has 0 saturated carbocycles. The van der Waals surface area contributed by atoms with Gasteiger partial charge in [-0.15, -0.1) is 13.2 Å². The number of ether oxygens (including phenoxy) is 1. The maximum absolute atomic E-state index is 12.4. The summed E-state index contributed by atoms with van der Waals surface area (Å²) in [5.41, 5.74) is 1.35. The van der Waals surface area contributed by atoms with E-state index in [9.17, 15) is 23.0 Å². The minimum absolute atomic E-state index is 0.257. The van der Waals surface area contributed by atoms with Crippen molar-refractivity contribution in [2.45, 2.75) is 13.0 Å². The number of anilines is 1. The van der Waals surface area contributed by atoms with E-state index in [0.29, 0.717) is 11.2 Å². The summed E-state index contributed by atoms with van der Waals surface area (Å²) in [6.45, 7) is 0.257. The molecule has 9 heteroatoms. The van der Waals surface area contributed by atoms with Crippen LogP contribution in [0.15, 0.2) is 42.5 Å². The maximum atomic E-state index is 12.4. The summed E-state index contributed by atoms with van der Waals surface area (Å²) in [5.74, 6) is -1.35. The van der Waals surface area contributed by atoms with Gasteiger partial charge in [0.15, 0.2) is 0 Å². The number of alkyl halides is 3. The predicted octanol–water partition coefficient (Wildman–Crippen LogP) is 2.06. The van der Waals surface area contributed by atoms with Gasteiger partial charge in [0, 0.05) is 5.69 Å². The Hall–Kier alpha value is -2.52. The van der Waals surface area contributed by atoms with Crippen LogP contribution in [0.5, 0.6) is 5.75 Å². The molecule has 0 aromatic heterocycles. The van der Waals surface area contributed by atoms with E-state index in [2.05, 4.69) is 10.1 Å². The van der Waals surface area contributed by atoms with Crippen LogP contribution in [0.3, 0.4) is 0 Å². The molecule has 0 fully saturated rings. The molecule has 0 saturated heterocycles. The Morgan fingerprint density at radius 2 is 2.00 bits per heavy atom. The van der Waals surface area contributed by atoms with E-state index < -0.39 is 25.1 Å². The van der Waals surface area contributed by atoms with Crippen LogP contribution in [0.2, 0.25) is 0 Å². The second-order valence-corrected chi connectivity index (χ2v) is 5.08. The summed E-state index contributed by atoms with van der Waals surface area (Å²) in [6.07, 6.45) is -4.90. The lowest BCUT2D eigenvalue weighted by molar-refractivity contribution is -0.274. The first-order valence-corrected chi connectivity index (χ1v) is 6.92. The van der Waals surface area contributed by atoms with Crippen molar-refractivity contribution in [3.8, 4) is 5.75 Å². The first kappa shape index (κ1) is 16.3. The Bertz CT molecular complexity index is 782. The van der Waals surface area contributed by atoms with Crippen molar-refractivity contribution in [2.75, 3.05) is 5.32 Å². The van der Waals surface area contributed by atoms with E-state index in [1.165, 1.54) is 24.3 Å². The Kier molecular flexibility index (Phi) is 4.21. The first-order chi connectivity index (χ1) is 11.3. The van der Waals surface area contributed by atoms with E-state index in [1.807, 2.05) is 0 Å². The zero-order chi connectivity index (χ0) is 17.3. The molecule has 2 aromatic carbocycles. The van der Waals surface area contributed by atoms with Crippen LogP contribution in [0.4, 0.5) is 18.9 Å². The number of fused-ring (bicyclic) bond motifs is 1. The molecule has 1 aliphatic heterocycles. The molecule has 0 radical (unpaired) electrons. The molecule has 3 rings (SSSR count). The molecule has 2 N–H and O–H groups in total. The number of halogens is 3. The SMILES string of the molecule is O=C(Nc1ccc2c(c1)B(O)OC2)c1ccccc1OC(F)(F)F. The molecule has 5 nitrogen and oxygen atoms in total. The average molecular weight is 337 g/mol.